The van der Waals surface area contributed by atoms with Crippen LogP contribution in [-0.2, 0) is 12.5 Å². The second-order valence-electron chi connectivity index (χ2n) is 3.83. The van der Waals surface area contributed by atoms with Gasteiger partial charge in [-0.15, -0.1) is 0 Å². The maximum absolute atomic E-state index is 5.98. The first kappa shape index (κ1) is 9.87. The van der Waals surface area contributed by atoms with E-state index in [0.717, 1.165) is 5.69 Å². The second kappa shape index (κ2) is 2.93. The number of halogens is 2. The third-order valence-corrected chi connectivity index (χ3v) is 2.52. The van der Waals surface area contributed by atoms with Gasteiger partial charge in [-0.2, -0.15) is 5.10 Å². The lowest BCUT2D eigenvalue weighted by molar-refractivity contribution is 0.553. The van der Waals surface area contributed by atoms with Crippen molar-refractivity contribution in [2.45, 2.75) is 26.2 Å². The lowest BCUT2D eigenvalue weighted by Gasteiger charge is -2.14. The molecule has 1 aromatic heterocycles. The molecule has 1 aromatic rings. The number of aromatic nitrogens is 2. The first-order valence-electron chi connectivity index (χ1n) is 3.72. The number of aryl methyl sites for hydroxylation is 1. The predicted molar refractivity (Wildman–Crippen MR) is 51.9 cm³/mol. The average molecular weight is 207 g/mol. The van der Waals surface area contributed by atoms with E-state index >= 15 is 0 Å². The molecule has 4 heteroatoms. The van der Waals surface area contributed by atoms with Gasteiger partial charge in [0.1, 0.15) is 10.2 Å². The highest BCUT2D eigenvalue weighted by atomic mass is 35.5. The van der Waals surface area contributed by atoms with Crippen molar-refractivity contribution in [3.63, 3.8) is 0 Å². The van der Waals surface area contributed by atoms with Crippen LogP contribution in [0, 0.1) is 0 Å². The molecule has 1 heterocycles. The lowest BCUT2D eigenvalue weighted by atomic mass is 9.92. The minimum Gasteiger partial charge on any atom is -0.255 e. The predicted octanol–water partition coefficient (Wildman–Crippen LogP) is 3.02. The molecule has 0 spiro atoms. The van der Waals surface area contributed by atoms with Crippen LogP contribution in [0.2, 0.25) is 10.2 Å². The van der Waals surface area contributed by atoms with Crippen LogP contribution in [-0.4, -0.2) is 9.78 Å². The van der Waals surface area contributed by atoms with E-state index in [2.05, 4.69) is 25.9 Å². The summed E-state index contributed by atoms with van der Waals surface area (Å²) in [7, 11) is 1.78. The molecule has 0 aliphatic carbocycles. The van der Waals surface area contributed by atoms with Crippen molar-refractivity contribution in [3.05, 3.63) is 15.9 Å². The zero-order valence-electron chi connectivity index (χ0n) is 7.65. The molecule has 0 unspecified atom stereocenters. The van der Waals surface area contributed by atoms with E-state index in [-0.39, 0.29) is 5.41 Å². The Morgan fingerprint density at radius 2 is 1.75 bits per heavy atom. The van der Waals surface area contributed by atoms with Gasteiger partial charge in [-0.05, 0) is 0 Å². The van der Waals surface area contributed by atoms with Gasteiger partial charge in [-0.25, -0.2) is 0 Å². The summed E-state index contributed by atoms with van der Waals surface area (Å²) in [6.07, 6.45) is 0. The van der Waals surface area contributed by atoms with Crippen molar-refractivity contribution < 1.29 is 0 Å². The molecule has 0 aromatic carbocycles. The fourth-order valence-corrected chi connectivity index (χ4v) is 1.53. The summed E-state index contributed by atoms with van der Waals surface area (Å²) in [5.74, 6) is 0. The molecule has 1 rings (SSSR count). The summed E-state index contributed by atoms with van der Waals surface area (Å²) in [6.45, 7) is 6.16. The Bertz CT molecular complexity index is 297. The second-order valence-corrected chi connectivity index (χ2v) is 4.56. The van der Waals surface area contributed by atoms with E-state index in [1.165, 1.54) is 0 Å². The van der Waals surface area contributed by atoms with Crippen LogP contribution in [0.5, 0.6) is 0 Å². The zero-order valence-corrected chi connectivity index (χ0v) is 9.16. The summed E-state index contributed by atoms with van der Waals surface area (Å²) in [4.78, 5) is 0. The van der Waals surface area contributed by atoms with Crippen LogP contribution in [0.4, 0.5) is 0 Å². The SMILES string of the molecule is Cn1nc(C(C)(C)C)c(Cl)c1Cl. The topological polar surface area (TPSA) is 17.8 Å². The van der Waals surface area contributed by atoms with Crippen molar-refractivity contribution in [1.82, 2.24) is 9.78 Å². The molecular weight excluding hydrogens is 195 g/mol. The number of nitrogens with zero attached hydrogens (tertiary/aromatic N) is 2. The molecule has 68 valence electrons. The van der Waals surface area contributed by atoms with Gasteiger partial charge in [-0.3, -0.25) is 4.68 Å². The minimum atomic E-state index is -0.0536. The molecule has 0 radical (unpaired) electrons. The van der Waals surface area contributed by atoms with Crippen molar-refractivity contribution in [3.8, 4) is 0 Å². The third-order valence-electron chi connectivity index (χ3n) is 1.63. The summed E-state index contributed by atoms with van der Waals surface area (Å²) < 4.78 is 1.59. The largest absolute Gasteiger partial charge is 0.255 e. The Labute approximate surface area is 82.5 Å². The fourth-order valence-electron chi connectivity index (χ4n) is 0.957. The van der Waals surface area contributed by atoms with Crippen LogP contribution in [0.1, 0.15) is 26.5 Å². The Hall–Kier alpha value is -0.210. The van der Waals surface area contributed by atoms with Gasteiger partial charge in [0.05, 0.1) is 5.69 Å². The summed E-state index contributed by atoms with van der Waals surface area (Å²) in [5.41, 5.74) is 0.791. The quantitative estimate of drug-likeness (QED) is 0.639. The molecule has 0 atom stereocenters. The molecule has 0 amide bonds. The van der Waals surface area contributed by atoms with Gasteiger partial charge in [0.2, 0.25) is 0 Å². The summed E-state index contributed by atoms with van der Waals surface area (Å²) >= 11 is 11.9. The Balaban J connectivity index is 3.28. The molecule has 0 aliphatic rings. The maximum Gasteiger partial charge on any atom is 0.145 e. The van der Waals surface area contributed by atoms with Gasteiger partial charge < -0.3 is 0 Å². The van der Waals surface area contributed by atoms with E-state index in [1.807, 2.05) is 0 Å². The van der Waals surface area contributed by atoms with E-state index in [0.29, 0.717) is 10.2 Å². The number of hydrogen-bond donors (Lipinski definition) is 0. The molecule has 2 nitrogen and oxygen atoms in total. The lowest BCUT2D eigenvalue weighted by Crippen LogP contribution is -2.12. The van der Waals surface area contributed by atoms with E-state index in [9.17, 15) is 0 Å². The van der Waals surface area contributed by atoms with Gasteiger partial charge in [0, 0.05) is 12.5 Å². The van der Waals surface area contributed by atoms with Gasteiger partial charge in [-0.1, -0.05) is 44.0 Å². The summed E-state index contributed by atoms with van der Waals surface area (Å²) in [6, 6.07) is 0. The number of rotatable bonds is 0. The van der Waals surface area contributed by atoms with Crippen LogP contribution < -0.4 is 0 Å². The summed E-state index contributed by atoms with van der Waals surface area (Å²) in [5, 5.41) is 5.30. The van der Waals surface area contributed by atoms with Crippen molar-refractivity contribution >= 4 is 23.2 Å². The van der Waals surface area contributed by atoms with Crippen molar-refractivity contribution in [2.75, 3.05) is 0 Å². The Kier molecular flexibility index (Phi) is 2.41. The molecule has 0 aliphatic heterocycles. The highest BCUT2D eigenvalue weighted by molar-refractivity contribution is 6.41. The fraction of sp³-hybridized carbons (Fsp3) is 0.625. The monoisotopic (exact) mass is 206 g/mol. The molecule has 0 fully saturated rings. The first-order chi connectivity index (χ1) is 5.34. The van der Waals surface area contributed by atoms with Gasteiger partial charge >= 0.3 is 0 Å². The van der Waals surface area contributed by atoms with Crippen LogP contribution >= 0.6 is 23.2 Å². The highest BCUT2D eigenvalue weighted by Crippen LogP contribution is 2.32. The van der Waals surface area contributed by atoms with Crippen LogP contribution in [0.25, 0.3) is 0 Å². The highest BCUT2D eigenvalue weighted by Gasteiger charge is 2.23. The van der Waals surface area contributed by atoms with Crippen molar-refractivity contribution in [1.29, 1.82) is 0 Å². The molecule has 0 N–H and O–H groups in total. The first-order valence-corrected chi connectivity index (χ1v) is 4.48. The molecule has 12 heavy (non-hydrogen) atoms. The molecule has 0 saturated heterocycles. The minimum absolute atomic E-state index is 0.0536. The number of hydrogen-bond acceptors (Lipinski definition) is 1. The van der Waals surface area contributed by atoms with E-state index in [1.54, 1.807) is 11.7 Å². The molecular formula is C8H12Cl2N2. The molecule has 0 bridgehead atoms. The van der Waals surface area contributed by atoms with Gasteiger partial charge in [0.15, 0.2) is 0 Å². The third kappa shape index (κ3) is 1.59. The van der Waals surface area contributed by atoms with E-state index < -0.39 is 0 Å². The van der Waals surface area contributed by atoms with Crippen molar-refractivity contribution in [2.24, 2.45) is 7.05 Å². The zero-order chi connectivity index (χ0) is 9.52. The van der Waals surface area contributed by atoms with Gasteiger partial charge in [0.25, 0.3) is 0 Å². The smallest absolute Gasteiger partial charge is 0.145 e. The van der Waals surface area contributed by atoms with E-state index in [4.69, 9.17) is 23.2 Å². The normalized spacial score (nSPS) is 12.2. The Morgan fingerprint density at radius 3 is 1.92 bits per heavy atom. The standard InChI is InChI=1S/C8H12Cl2N2/c1-8(2,3)6-5(9)7(10)12(4)11-6/h1-4H3. The molecule has 0 saturated carbocycles. The van der Waals surface area contributed by atoms with Crippen LogP contribution in [0.3, 0.4) is 0 Å². The van der Waals surface area contributed by atoms with Crippen LogP contribution in [0.15, 0.2) is 0 Å². The maximum atomic E-state index is 5.98. The Morgan fingerprint density at radius 1 is 1.25 bits per heavy atom. The average Bonchev–Trinajstić information content (AvgIpc) is 2.15.